The molecule has 0 spiro atoms. The van der Waals surface area contributed by atoms with Crippen molar-refractivity contribution >= 4 is 23.2 Å². The first-order valence-electron chi connectivity index (χ1n) is 10.3. The Balaban J connectivity index is 1.72. The molecule has 0 unspecified atom stereocenters. The summed E-state index contributed by atoms with van der Waals surface area (Å²) in [7, 11) is 7.81. The van der Waals surface area contributed by atoms with Gasteiger partial charge in [-0.05, 0) is 70.9 Å². The van der Waals surface area contributed by atoms with Crippen LogP contribution in [0.1, 0.15) is 12.8 Å². The molecule has 2 heterocycles. The van der Waals surface area contributed by atoms with Gasteiger partial charge in [0.15, 0.2) is 11.6 Å². The minimum atomic E-state index is -0.221. The van der Waals surface area contributed by atoms with Gasteiger partial charge in [-0.25, -0.2) is 4.99 Å². The van der Waals surface area contributed by atoms with E-state index in [2.05, 4.69) is 5.32 Å². The van der Waals surface area contributed by atoms with E-state index in [1.807, 2.05) is 50.1 Å². The Hall–Kier alpha value is -3.16. The van der Waals surface area contributed by atoms with E-state index in [0.29, 0.717) is 58.8 Å². The van der Waals surface area contributed by atoms with E-state index in [1.165, 1.54) is 0 Å². The van der Waals surface area contributed by atoms with Crippen LogP contribution in [0.2, 0.25) is 0 Å². The lowest BCUT2D eigenvalue weighted by molar-refractivity contribution is -0.116. The second kappa shape index (κ2) is 8.17. The molecule has 7 nitrogen and oxygen atoms in total. The van der Waals surface area contributed by atoms with E-state index in [9.17, 15) is 14.4 Å². The molecular weight excluding hydrogens is 392 g/mol. The number of hydrogen-bond acceptors (Lipinski definition) is 6. The van der Waals surface area contributed by atoms with Crippen molar-refractivity contribution < 1.29 is 14.4 Å². The lowest BCUT2D eigenvalue weighted by atomic mass is 9.88. The van der Waals surface area contributed by atoms with Crippen LogP contribution < -0.4 is 5.32 Å². The molecule has 7 heteroatoms. The summed E-state index contributed by atoms with van der Waals surface area (Å²) in [5.74, 6) is -0.491. The van der Waals surface area contributed by atoms with Crippen LogP contribution in [-0.4, -0.2) is 74.3 Å². The largest absolute Gasteiger partial charge is 0.322 e. The number of nitrogens with zero attached hydrogens (tertiary/aromatic N) is 3. The molecule has 4 aliphatic rings. The topological polar surface area (TPSA) is 82.1 Å². The van der Waals surface area contributed by atoms with E-state index < -0.39 is 0 Å². The third-order valence-electron chi connectivity index (χ3n) is 5.64. The fourth-order valence-corrected chi connectivity index (χ4v) is 4.09. The summed E-state index contributed by atoms with van der Waals surface area (Å²) in [6.45, 7) is 1.43. The predicted octanol–water partition coefficient (Wildman–Crippen LogP) is 1.48. The highest BCUT2D eigenvalue weighted by Crippen LogP contribution is 2.36. The molecule has 2 aliphatic heterocycles. The van der Waals surface area contributed by atoms with Crippen LogP contribution in [0.4, 0.5) is 0 Å². The minimum absolute atomic E-state index is 0.0684. The van der Waals surface area contributed by atoms with Gasteiger partial charge in [-0.3, -0.25) is 14.4 Å². The maximum Gasteiger partial charge on any atom is 0.252 e. The zero-order chi connectivity index (χ0) is 22.3. The number of nitrogens with one attached hydrogen (secondary N) is 1. The molecule has 0 aromatic heterocycles. The number of rotatable bonds is 7. The van der Waals surface area contributed by atoms with Crippen LogP contribution in [0.25, 0.3) is 0 Å². The fourth-order valence-electron chi connectivity index (χ4n) is 4.09. The average Bonchev–Trinajstić information content (AvgIpc) is 3.22. The van der Waals surface area contributed by atoms with Crippen molar-refractivity contribution in [1.29, 1.82) is 0 Å². The van der Waals surface area contributed by atoms with E-state index in [0.717, 1.165) is 12.1 Å². The highest BCUT2D eigenvalue weighted by Gasteiger charge is 2.36. The molecule has 0 bridgehead atoms. The van der Waals surface area contributed by atoms with Crippen molar-refractivity contribution in [1.82, 2.24) is 15.1 Å². The Morgan fingerprint density at radius 1 is 0.871 bits per heavy atom. The zero-order valence-corrected chi connectivity index (χ0v) is 18.3. The number of hydrogen-bond donors (Lipinski definition) is 1. The van der Waals surface area contributed by atoms with Crippen molar-refractivity contribution in [3.63, 3.8) is 0 Å². The SMILES string of the molecule is CN(C)CCC1=C2C(=O)C=CC=C2N=C1C1=CC(=O)C2=C(CCN(C)C)C(=O)NC2=C1. The molecule has 0 fully saturated rings. The molecule has 1 N–H and O–H groups in total. The van der Waals surface area contributed by atoms with Crippen LogP contribution in [0.5, 0.6) is 0 Å². The summed E-state index contributed by atoms with van der Waals surface area (Å²) >= 11 is 0. The van der Waals surface area contributed by atoms with Crippen LogP contribution in [-0.2, 0) is 14.4 Å². The highest BCUT2D eigenvalue weighted by atomic mass is 16.2. The zero-order valence-electron chi connectivity index (χ0n) is 18.3. The second-order valence-corrected chi connectivity index (χ2v) is 8.53. The van der Waals surface area contributed by atoms with Gasteiger partial charge in [-0.15, -0.1) is 0 Å². The van der Waals surface area contributed by atoms with Gasteiger partial charge in [0.1, 0.15) is 0 Å². The smallest absolute Gasteiger partial charge is 0.252 e. The summed E-state index contributed by atoms with van der Waals surface area (Å²) in [5, 5.41) is 2.84. The highest BCUT2D eigenvalue weighted by molar-refractivity contribution is 6.29. The molecule has 0 aromatic carbocycles. The molecular formula is C24H26N4O3. The molecule has 160 valence electrons. The van der Waals surface area contributed by atoms with Gasteiger partial charge >= 0.3 is 0 Å². The molecule has 0 aromatic rings. The average molecular weight is 418 g/mol. The Bertz CT molecular complexity index is 1110. The number of allylic oxidation sites excluding steroid dienone is 8. The first-order chi connectivity index (χ1) is 14.8. The van der Waals surface area contributed by atoms with Crippen LogP contribution in [0.15, 0.2) is 74.6 Å². The number of fused-ring (bicyclic) bond motifs is 2. The normalized spacial score (nSPS) is 20.3. The van der Waals surface area contributed by atoms with Gasteiger partial charge in [0, 0.05) is 24.2 Å². The molecule has 0 saturated carbocycles. The Morgan fingerprint density at radius 3 is 2.23 bits per heavy atom. The molecule has 4 rings (SSSR count). The second-order valence-electron chi connectivity index (χ2n) is 8.53. The number of carbonyl (C=O) groups is 3. The van der Waals surface area contributed by atoms with Gasteiger partial charge in [0.05, 0.1) is 28.3 Å². The maximum absolute atomic E-state index is 13.0. The predicted molar refractivity (Wildman–Crippen MR) is 119 cm³/mol. The van der Waals surface area contributed by atoms with Gasteiger partial charge in [0.2, 0.25) is 0 Å². The molecule has 0 atom stereocenters. The summed E-state index contributed by atoms with van der Waals surface area (Å²) in [6.07, 6.45) is 9.55. The van der Waals surface area contributed by atoms with Crippen molar-refractivity contribution in [2.75, 3.05) is 41.3 Å². The van der Waals surface area contributed by atoms with E-state index >= 15 is 0 Å². The summed E-state index contributed by atoms with van der Waals surface area (Å²) in [6, 6.07) is 0. The monoisotopic (exact) mass is 418 g/mol. The van der Waals surface area contributed by atoms with Crippen molar-refractivity contribution in [2.45, 2.75) is 12.8 Å². The molecule has 31 heavy (non-hydrogen) atoms. The molecule has 0 saturated heterocycles. The summed E-state index contributed by atoms with van der Waals surface area (Å²) < 4.78 is 0. The van der Waals surface area contributed by atoms with Gasteiger partial charge in [-0.1, -0.05) is 6.08 Å². The first-order valence-corrected chi connectivity index (χ1v) is 10.3. The Kier molecular flexibility index (Phi) is 5.56. The quantitative estimate of drug-likeness (QED) is 0.677. The maximum atomic E-state index is 13.0. The minimum Gasteiger partial charge on any atom is -0.322 e. The lowest BCUT2D eigenvalue weighted by Crippen LogP contribution is -2.21. The Morgan fingerprint density at radius 2 is 1.55 bits per heavy atom. The molecule has 0 radical (unpaired) electrons. The number of ketones is 2. The van der Waals surface area contributed by atoms with Gasteiger partial charge in [0.25, 0.3) is 5.91 Å². The molecule has 2 aliphatic carbocycles. The number of aliphatic imine (C=N–C) groups is 1. The van der Waals surface area contributed by atoms with Gasteiger partial charge in [-0.2, -0.15) is 0 Å². The standard InChI is InChI=1S/C24H26N4O3/c1-27(2)10-8-15-21-17(6-5-7-19(21)29)25-23(15)14-12-18-22(20(30)13-14)16(24(31)26-18)9-11-28(3)4/h5-7,12-13H,8-11H2,1-4H3,(H,26,31). The summed E-state index contributed by atoms with van der Waals surface area (Å²) in [4.78, 5) is 46.9. The van der Waals surface area contributed by atoms with Crippen molar-refractivity contribution in [3.8, 4) is 0 Å². The molecule has 1 amide bonds. The van der Waals surface area contributed by atoms with Gasteiger partial charge < -0.3 is 15.1 Å². The summed E-state index contributed by atoms with van der Waals surface area (Å²) in [5.41, 5.74) is 4.84. The number of amides is 1. The lowest BCUT2D eigenvalue weighted by Gasteiger charge is -2.17. The van der Waals surface area contributed by atoms with Crippen molar-refractivity contribution in [2.24, 2.45) is 4.99 Å². The van der Waals surface area contributed by atoms with E-state index in [1.54, 1.807) is 18.2 Å². The van der Waals surface area contributed by atoms with E-state index in [4.69, 9.17) is 4.99 Å². The fraction of sp³-hybridized carbons (Fsp3) is 0.333. The van der Waals surface area contributed by atoms with Crippen LogP contribution in [0.3, 0.4) is 0 Å². The third kappa shape index (κ3) is 3.94. The Labute approximate surface area is 181 Å². The van der Waals surface area contributed by atoms with Crippen molar-refractivity contribution in [3.05, 3.63) is 69.6 Å². The van der Waals surface area contributed by atoms with Crippen LogP contribution in [0, 0.1) is 0 Å². The first kappa shape index (κ1) is 21.1. The van der Waals surface area contributed by atoms with E-state index in [-0.39, 0.29) is 17.5 Å². The number of carbonyl (C=O) groups excluding carboxylic acids is 3. The van der Waals surface area contributed by atoms with Crippen LogP contribution >= 0.6 is 0 Å². The third-order valence-corrected chi connectivity index (χ3v) is 5.64.